The van der Waals surface area contributed by atoms with Crippen molar-refractivity contribution in [1.29, 1.82) is 0 Å². The molecule has 30 heavy (non-hydrogen) atoms. The first-order valence-corrected chi connectivity index (χ1v) is 10.2. The minimum Gasteiger partial charge on any atom is -0.479 e. The van der Waals surface area contributed by atoms with E-state index >= 15 is 0 Å². The van der Waals surface area contributed by atoms with Gasteiger partial charge in [-0.2, -0.15) is 12.6 Å². The predicted octanol–water partition coefficient (Wildman–Crippen LogP) is 2.90. The zero-order valence-electron chi connectivity index (χ0n) is 16.3. The van der Waals surface area contributed by atoms with Crippen LogP contribution in [-0.2, 0) is 28.0 Å². The van der Waals surface area contributed by atoms with Gasteiger partial charge in [0, 0.05) is 30.1 Å². The second-order valence-electron chi connectivity index (χ2n) is 7.06. The number of carbonyl (C=O) groups excluding carboxylic acids is 1. The van der Waals surface area contributed by atoms with Gasteiger partial charge in [-0.05, 0) is 17.5 Å². The van der Waals surface area contributed by atoms with Gasteiger partial charge in [-0.25, -0.2) is 14.8 Å². The van der Waals surface area contributed by atoms with Gasteiger partial charge in [0.15, 0.2) is 5.54 Å². The molecule has 0 aliphatic carbocycles. The number of carboxylic acids is 1. The Hall–Kier alpha value is -3.19. The van der Waals surface area contributed by atoms with Crippen molar-refractivity contribution in [1.82, 2.24) is 15.3 Å². The molecule has 0 aliphatic rings. The first-order valence-electron chi connectivity index (χ1n) is 9.55. The molecule has 0 saturated carbocycles. The van der Waals surface area contributed by atoms with Crippen LogP contribution in [0.3, 0.4) is 0 Å². The van der Waals surface area contributed by atoms with Crippen LogP contribution in [0.2, 0.25) is 0 Å². The highest BCUT2D eigenvalue weighted by molar-refractivity contribution is 7.80. The molecular weight excluding hydrogens is 398 g/mol. The molecule has 1 amide bonds. The lowest BCUT2D eigenvalue weighted by atomic mass is 9.84. The number of amides is 1. The molecule has 2 atom stereocenters. The molecule has 154 valence electrons. The largest absolute Gasteiger partial charge is 0.479 e. The van der Waals surface area contributed by atoms with Gasteiger partial charge in [-0.15, -0.1) is 0 Å². The monoisotopic (exact) mass is 421 g/mol. The first-order chi connectivity index (χ1) is 14.5. The van der Waals surface area contributed by atoms with Crippen LogP contribution < -0.4 is 5.32 Å². The fourth-order valence-electron chi connectivity index (χ4n) is 3.34. The van der Waals surface area contributed by atoms with Crippen molar-refractivity contribution in [3.63, 3.8) is 0 Å². The van der Waals surface area contributed by atoms with Crippen molar-refractivity contribution < 1.29 is 14.7 Å². The summed E-state index contributed by atoms with van der Waals surface area (Å²) in [7, 11) is 0. The SMILES string of the molecule is O=C(N[C@@](Cc1ccccc1)(C(=O)O)c1cncnc1)C(CS)Cc1ccccc1. The maximum absolute atomic E-state index is 13.2. The highest BCUT2D eigenvalue weighted by Gasteiger charge is 2.43. The smallest absolute Gasteiger partial charge is 0.334 e. The van der Waals surface area contributed by atoms with Gasteiger partial charge in [0.25, 0.3) is 0 Å². The van der Waals surface area contributed by atoms with Crippen molar-refractivity contribution >= 4 is 24.5 Å². The quantitative estimate of drug-likeness (QED) is 0.462. The van der Waals surface area contributed by atoms with E-state index in [-0.39, 0.29) is 18.1 Å². The van der Waals surface area contributed by atoms with Gasteiger partial charge >= 0.3 is 5.97 Å². The molecule has 7 heteroatoms. The maximum atomic E-state index is 13.2. The van der Waals surface area contributed by atoms with Crippen LogP contribution in [0.4, 0.5) is 0 Å². The minimum absolute atomic E-state index is 0.0624. The van der Waals surface area contributed by atoms with Crippen molar-refractivity contribution in [3.8, 4) is 0 Å². The van der Waals surface area contributed by atoms with Gasteiger partial charge in [0.2, 0.25) is 5.91 Å². The van der Waals surface area contributed by atoms with E-state index in [1.54, 1.807) is 0 Å². The molecule has 0 radical (unpaired) electrons. The van der Waals surface area contributed by atoms with Crippen LogP contribution in [-0.4, -0.2) is 32.7 Å². The van der Waals surface area contributed by atoms with Crippen LogP contribution in [0.15, 0.2) is 79.4 Å². The summed E-state index contributed by atoms with van der Waals surface area (Å²) in [6.45, 7) is 0. The lowest BCUT2D eigenvalue weighted by Gasteiger charge is -2.32. The summed E-state index contributed by atoms with van der Waals surface area (Å²) in [5, 5.41) is 13.0. The van der Waals surface area contributed by atoms with E-state index in [0.29, 0.717) is 12.0 Å². The minimum atomic E-state index is -1.70. The summed E-state index contributed by atoms with van der Waals surface area (Å²) in [4.78, 5) is 33.7. The molecule has 0 aliphatic heterocycles. The number of nitrogens with one attached hydrogen (secondary N) is 1. The Morgan fingerprint density at radius 1 is 0.967 bits per heavy atom. The number of nitrogens with zero attached hydrogens (tertiary/aromatic N) is 2. The Morgan fingerprint density at radius 3 is 2.07 bits per heavy atom. The maximum Gasteiger partial charge on any atom is 0.334 e. The Labute approximate surface area is 180 Å². The summed E-state index contributed by atoms with van der Waals surface area (Å²) < 4.78 is 0. The molecule has 0 fully saturated rings. The lowest BCUT2D eigenvalue weighted by molar-refractivity contribution is -0.148. The van der Waals surface area contributed by atoms with Gasteiger partial charge in [0.1, 0.15) is 6.33 Å². The molecular formula is C23H23N3O3S. The van der Waals surface area contributed by atoms with Crippen molar-refractivity contribution in [3.05, 3.63) is 96.1 Å². The summed E-state index contributed by atoms with van der Waals surface area (Å²) in [5.74, 6) is -1.76. The summed E-state index contributed by atoms with van der Waals surface area (Å²) in [6, 6.07) is 18.8. The zero-order chi connectivity index (χ0) is 21.4. The van der Waals surface area contributed by atoms with E-state index in [1.165, 1.54) is 18.7 Å². The third kappa shape index (κ3) is 5.04. The van der Waals surface area contributed by atoms with Crippen molar-refractivity contribution in [2.75, 3.05) is 5.75 Å². The number of aliphatic carboxylic acids is 1. The number of hydrogen-bond acceptors (Lipinski definition) is 5. The van der Waals surface area contributed by atoms with Crippen molar-refractivity contribution in [2.24, 2.45) is 5.92 Å². The topological polar surface area (TPSA) is 92.2 Å². The standard InChI is InChI=1S/C23H23N3O3S/c27-21(19(15-30)11-17-7-3-1-4-8-17)26-23(22(28)29,20-13-24-16-25-14-20)12-18-9-5-2-6-10-18/h1-10,13-14,16,19,30H,11-12,15H2,(H,26,27)(H,28,29)/t19?,23-/m1/s1. The van der Waals surface area contributed by atoms with Gasteiger partial charge in [-0.1, -0.05) is 60.7 Å². The molecule has 2 aromatic carbocycles. The lowest BCUT2D eigenvalue weighted by Crippen LogP contribution is -2.55. The number of rotatable bonds is 9. The number of benzene rings is 2. The highest BCUT2D eigenvalue weighted by Crippen LogP contribution is 2.27. The van der Waals surface area contributed by atoms with E-state index in [1.807, 2.05) is 60.7 Å². The molecule has 1 aromatic heterocycles. The molecule has 1 heterocycles. The van der Waals surface area contributed by atoms with E-state index in [0.717, 1.165) is 11.1 Å². The Bertz CT molecular complexity index is 971. The third-order valence-corrected chi connectivity index (χ3v) is 5.42. The predicted molar refractivity (Wildman–Crippen MR) is 117 cm³/mol. The van der Waals surface area contributed by atoms with Crippen LogP contribution in [0.1, 0.15) is 16.7 Å². The second-order valence-corrected chi connectivity index (χ2v) is 7.42. The summed E-state index contributed by atoms with van der Waals surface area (Å²) in [5.41, 5.74) is 0.373. The fraction of sp³-hybridized carbons (Fsp3) is 0.217. The van der Waals surface area contributed by atoms with E-state index in [4.69, 9.17) is 0 Å². The Kier molecular flexibility index (Phi) is 7.19. The number of thiol groups is 1. The van der Waals surface area contributed by atoms with Crippen LogP contribution in [0.25, 0.3) is 0 Å². The molecule has 0 spiro atoms. The van der Waals surface area contributed by atoms with Crippen LogP contribution in [0, 0.1) is 5.92 Å². The number of aromatic nitrogens is 2. The fourth-order valence-corrected chi connectivity index (χ4v) is 3.64. The van der Waals surface area contributed by atoms with Crippen molar-refractivity contribution in [2.45, 2.75) is 18.4 Å². The summed E-state index contributed by atoms with van der Waals surface area (Å²) >= 11 is 4.34. The second kappa shape index (κ2) is 10.0. The first kappa shape index (κ1) is 21.5. The Balaban J connectivity index is 1.94. The molecule has 2 N–H and O–H groups in total. The number of hydrogen-bond donors (Lipinski definition) is 3. The molecule has 3 rings (SSSR count). The van der Waals surface area contributed by atoms with Gasteiger partial charge in [0.05, 0.1) is 5.92 Å². The van der Waals surface area contributed by atoms with E-state index < -0.39 is 17.4 Å². The molecule has 1 unspecified atom stereocenters. The molecule has 0 saturated heterocycles. The van der Waals surface area contributed by atoms with Gasteiger partial charge < -0.3 is 10.4 Å². The molecule has 3 aromatic rings. The van der Waals surface area contributed by atoms with Crippen LogP contribution in [0.5, 0.6) is 0 Å². The summed E-state index contributed by atoms with van der Waals surface area (Å²) in [6.07, 6.45) is 4.70. The molecule has 6 nitrogen and oxygen atoms in total. The van der Waals surface area contributed by atoms with Gasteiger partial charge in [-0.3, -0.25) is 4.79 Å². The van der Waals surface area contributed by atoms with Crippen LogP contribution >= 0.6 is 12.6 Å². The average Bonchev–Trinajstić information content (AvgIpc) is 2.78. The molecule has 0 bridgehead atoms. The number of carbonyl (C=O) groups is 2. The Morgan fingerprint density at radius 2 is 1.53 bits per heavy atom. The normalized spacial score (nSPS) is 13.8. The number of carboxylic acid groups (broad SMARTS) is 1. The van der Waals surface area contributed by atoms with E-state index in [9.17, 15) is 14.7 Å². The zero-order valence-corrected chi connectivity index (χ0v) is 17.2. The highest BCUT2D eigenvalue weighted by atomic mass is 32.1. The van der Waals surface area contributed by atoms with E-state index in [2.05, 4.69) is 27.9 Å². The third-order valence-electron chi connectivity index (χ3n) is 4.98. The average molecular weight is 422 g/mol.